The minimum absolute atomic E-state index is 0.462. The molecule has 0 bridgehead atoms. The van der Waals surface area contributed by atoms with E-state index < -0.39 is 0 Å². The molecule has 0 aromatic heterocycles. The molecule has 1 aromatic carbocycles. The van der Waals surface area contributed by atoms with Crippen LogP contribution in [0.4, 0.5) is 0 Å². The van der Waals surface area contributed by atoms with Crippen molar-refractivity contribution >= 4 is 0 Å². The van der Waals surface area contributed by atoms with Crippen LogP contribution in [-0.4, -0.2) is 43.3 Å². The number of hydrogen-bond donors (Lipinski definition) is 1. The standard InChI is InChI=1S/C17H28N2O/c1-2-20-17-10-12-19(13-11-17)16(14-18)9-8-15-6-4-3-5-7-15/h3-7,16-17H,2,8-14,18H2,1H3. The summed E-state index contributed by atoms with van der Waals surface area (Å²) in [6, 6.07) is 11.2. The molecule has 20 heavy (non-hydrogen) atoms. The summed E-state index contributed by atoms with van der Waals surface area (Å²) in [6.07, 6.45) is 5.03. The second-order valence-electron chi connectivity index (χ2n) is 5.60. The van der Waals surface area contributed by atoms with Crippen LogP contribution in [0.25, 0.3) is 0 Å². The first kappa shape index (κ1) is 15.5. The van der Waals surface area contributed by atoms with Crippen molar-refractivity contribution in [1.29, 1.82) is 0 Å². The van der Waals surface area contributed by atoms with Gasteiger partial charge < -0.3 is 10.5 Å². The van der Waals surface area contributed by atoms with E-state index in [9.17, 15) is 0 Å². The summed E-state index contributed by atoms with van der Waals surface area (Å²) in [7, 11) is 0. The molecular weight excluding hydrogens is 248 g/mol. The number of benzene rings is 1. The van der Waals surface area contributed by atoms with Crippen LogP contribution in [0.3, 0.4) is 0 Å². The van der Waals surface area contributed by atoms with Crippen molar-refractivity contribution in [3.63, 3.8) is 0 Å². The molecule has 1 atom stereocenters. The first-order valence-electron chi connectivity index (χ1n) is 7.93. The lowest BCUT2D eigenvalue weighted by molar-refractivity contribution is 0.00400. The van der Waals surface area contributed by atoms with Crippen LogP contribution in [0, 0.1) is 0 Å². The zero-order valence-corrected chi connectivity index (χ0v) is 12.6. The molecule has 2 rings (SSSR count). The second kappa shape index (κ2) is 8.40. The van der Waals surface area contributed by atoms with Gasteiger partial charge in [-0.15, -0.1) is 0 Å². The number of hydrogen-bond acceptors (Lipinski definition) is 3. The van der Waals surface area contributed by atoms with Crippen LogP contribution in [-0.2, 0) is 11.2 Å². The second-order valence-corrected chi connectivity index (χ2v) is 5.60. The third-order valence-electron chi connectivity index (χ3n) is 4.28. The maximum Gasteiger partial charge on any atom is 0.0599 e. The van der Waals surface area contributed by atoms with E-state index in [1.165, 1.54) is 5.56 Å². The van der Waals surface area contributed by atoms with E-state index >= 15 is 0 Å². The van der Waals surface area contributed by atoms with Gasteiger partial charge in [0.25, 0.3) is 0 Å². The molecule has 3 heteroatoms. The highest BCUT2D eigenvalue weighted by molar-refractivity contribution is 5.14. The summed E-state index contributed by atoms with van der Waals surface area (Å²) in [5.41, 5.74) is 7.40. The van der Waals surface area contributed by atoms with Crippen molar-refractivity contribution in [3.05, 3.63) is 35.9 Å². The minimum atomic E-state index is 0.462. The van der Waals surface area contributed by atoms with Crippen LogP contribution in [0.5, 0.6) is 0 Å². The fourth-order valence-corrected chi connectivity index (χ4v) is 3.07. The topological polar surface area (TPSA) is 38.5 Å². The Labute approximate surface area is 123 Å². The highest BCUT2D eigenvalue weighted by Crippen LogP contribution is 2.18. The molecule has 0 amide bonds. The Hall–Kier alpha value is -0.900. The Morgan fingerprint density at radius 1 is 1.25 bits per heavy atom. The van der Waals surface area contributed by atoms with Crippen molar-refractivity contribution in [2.75, 3.05) is 26.2 Å². The molecule has 1 unspecified atom stereocenters. The Morgan fingerprint density at radius 3 is 2.55 bits per heavy atom. The number of ether oxygens (including phenoxy) is 1. The third kappa shape index (κ3) is 4.58. The predicted octanol–water partition coefficient (Wildman–Crippen LogP) is 2.45. The van der Waals surface area contributed by atoms with Crippen LogP contribution in [0.2, 0.25) is 0 Å². The van der Waals surface area contributed by atoms with Crippen molar-refractivity contribution in [2.45, 2.75) is 44.8 Å². The zero-order valence-electron chi connectivity index (χ0n) is 12.6. The van der Waals surface area contributed by atoms with Crippen molar-refractivity contribution in [1.82, 2.24) is 4.90 Å². The SMILES string of the molecule is CCOC1CCN(C(CN)CCc2ccccc2)CC1. The largest absolute Gasteiger partial charge is 0.378 e. The monoisotopic (exact) mass is 276 g/mol. The maximum atomic E-state index is 5.99. The van der Waals surface area contributed by atoms with E-state index in [0.29, 0.717) is 12.1 Å². The number of piperidine rings is 1. The Kier molecular flexibility index (Phi) is 6.51. The van der Waals surface area contributed by atoms with Gasteiger partial charge in [0, 0.05) is 32.3 Å². The summed E-state index contributed by atoms with van der Waals surface area (Å²) < 4.78 is 5.72. The number of likely N-dealkylation sites (tertiary alicyclic amines) is 1. The molecule has 112 valence electrons. The molecule has 0 spiro atoms. The van der Waals surface area contributed by atoms with E-state index in [-0.39, 0.29) is 0 Å². The minimum Gasteiger partial charge on any atom is -0.378 e. The van der Waals surface area contributed by atoms with Gasteiger partial charge in [-0.25, -0.2) is 0 Å². The normalized spacial score (nSPS) is 19.1. The van der Waals surface area contributed by atoms with E-state index in [4.69, 9.17) is 10.5 Å². The molecule has 1 aromatic rings. The van der Waals surface area contributed by atoms with Gasteiger partial charge >= 0.3 is 0 Å². The van der Waals surface area contributed by atoms with Gasteiger partial charge in [-0.3, -0.25) is 4.90 Å². The number of nitrogens with zero attached hydrogens (tertiary/aromatic N) is 1. The fourth-order valence-electron chi connectivity index (χ4n) is 3.07. The lowest BCUT2D eigenvalue weighted by Gasteiger charge is -2.37. The Morgan fingerprint density at radius 2 is 1.95 bits per heavy atom. The summed E-state index contributed by atoms with van der Waals surface area (Å²) >= 11 is 0. The molecule has 1 aliphatic rings. The van der Waals surface area contributed by atoms with Gasteiger partial charge in [-0.1, -0.05) is 30.3 Å². The summed E-state index contributed by atoms with van der Waals surface area (Å²) in [5, 5.41) is 0. The van der Waals surface area contributed by atoms with Gasteiger partial charge in [-0.2, -0.15) is 0 Å². The first-order chi connectivity index (χ1) is 9.83. The summed E-state index contributed by atoms with van der Waals surface area (Å²) in [4.78, 5) is 2.55. The van der Waals surface area contributed by atoms with Crippen LogP contribution >= 0.6 is 0 Å². The lowest BCUT2D eigenvalue weighted by Crippen LogP contribution is -2.46. The molecule has 1 aliphatic heterocycles. The molecule has 3 nitrogen and oxygen atoms in total. The average Bonchev–Trinajstić information content (AvgIpc) is 2.51. The van der Waals surface area contributed by atoms with E-state index in [1.54, 1.807) is 0 Å². The molecule has 0 radical (unpaired) electrons. The van der Waals surface area contributed by atoms with Gasteiger partial charge in [0.2, 0.25) is 0 Å². The van der Waals surface area contributed by atoms with E-state index in [0.717, 1.165) is 51.9 Å². The zero-order chi connectivity index (χ0) is 14.2. The highest BCUT2D eigenvalue weighted by atomic mass is 16.5. The predicted molar refractivity (Wildman–Crippen MR) is 83.8 cm³/mol. The van der Waals surface area contributed by atoms with E-state index in [2.05, 4.69) is 42.2 Å². The molecule has 0 saturated carbocycles. The number of aryl methyl sites for hydroxylation is 1. The van der Waals surface area contributed by atoms with Crippen LogP contribution in [0.1, 0.15) is 31.7 Å². The first-order valence-corrected chi connectivity index (χ1v) is 7.93. The van der Waals surface area contributed by atoms with Gasteiger partial charge in [0.15, 0.2) is 0 Å². The number of nitrogens with two attached hydrogens (primary N) is 1. The molecule has 0 aliphatic carbocycles. The molecule has 1 saturated heterocycles. The van der Waals surface area contributed by atoms with Gasteiger partial charge in [-0.05, 0) is 38.2 Å². The molecule has 1 fully saturated rings. The van der Waals surface area contributed by atoms with Gasteiger partial charge in [0.1, 0.15) is 0 Å². The van der Waals surface area contributed by atoms with E-state index in [1.807, 2.05) is 0 Å². The van der Waals surface area contributed by atoms with Crippen molar-refractivity contribution in [2.24, 2.45) is 5.73 Å². The Balaban J connectivity index is 1.77. The van der Waals surface area contributed by atoms with Crippen molar-refractivity contribution in [3.8, 4) is 0 Å². The number of rotatable bonds is 7. The van der Waals surface area contributed by atoms with Crippen molar-refractivity contribution < 1.29 is 4.74 Å². The molecule has 1 heterocycles. The fraction of sp³-hybridized carbons (Fsp3) is 0.647. The Bertz CT molecular complexity index is 361. The highest BCUT2D eigenvalue weighted by Gasteiger charge is 2.24. The van der Waals surface area contributed by atoms with Crippen LogP contribution in [0.15, 0.2) is 30.3 Å². The average molecular weight is 276 g/mol. The summed E-state index contributed by atoms with van der Waals surface area (Å²) in [5.74, 6) is 0. The smallest absolute Gasteiger partial charge is 0.0599 e. The third-order valence-corrected chi connectivity index (χ3v) is 4.28. The van der Waals surface area contributed by atoms with Crippen LogP contribution < -0.4 is 5.73 Å². The van der Waals surface area contributed by atoms with Gasteiger partial charge in [0.05, 0.1) is 6.10 Å². The molecule has 2 N–H and O–H groups in total. The maximum absolute atomic E-state index is 5.99. The lowest BCUT2D eigenvalue weighted by atomic mass is 10.0. The summed E-state index contributed by atoms with van der Waals surface area (Å²) in [6.45, 7) is 5.92. The molecular formula is C17H28N2O. The quantitative estimate of drug-likeness (QED) is 0.831.